The van der Waals surface area contributed by atoms with Crippen LogP contribution in [0.4, 0.5) is 11.4 Å². The highest BCUT2D eigenvalue weighted by molar-refractivity contribution is 5.93. The molecule has 1 aliphatic rings. The molecule has 4 rings (SSSR count). The van der Waals surface area contributed by atoms with Crippen LogP contribution in [0.15, 0.2) is 53.3 Å². The van der Waals surface area contributed by atoms with Crippen molar-refractivity contribution < 1.29 is 4.79 Å². The van der Waals surface area contributed by atoms with E-state index in [1.54, 1.807) is 6.07 Å². The molecule has 0 saturated carbocycles. The Morgan fingerprint density at radius 2 is 1.66 bits per heavy atom. The molecule has 2 heterocycles. The Balaban J connectivity index is 1.40. The molecule has 0 atom stereocenters. The van der Waals surface area contributed by atoms with Gasteiger partial charge in [0.25, 0.3) is 0 Å². The fraction of sp³-hybridized carbons (Fsp3) is 0.304. The molecule has 29 heavy (non-hydrogen) atoms. The number of H-pyrrole nitrogens is 1. The number of pyridine rings is 1. The zero-order chi connectivity index (χ0) is 20.4. The lowest BCUT2D eigenvalue weighted by atomic mass is 10.1. The molecule has 0 radical (unpaired) electrons. The number of aromatic amines is 1. The van der Waals surface area contributed by atoms with Crippen LogP contribution in [0.2, 0.25) is 0 Å². The van der Waals surface area contributed by atoms with E-state index in [2.05, 4.69) is 33.1 Å². The second kappa shape index (κ2) is 8.09. The molecule has 2 N–H and O–H groups in total. The molecule has 6 nitrogen and oxygen atoms in total. The summed E-state index contributed by atoms with van der Waals surface area (Å²) in [5.41, 5.74) is 4.90. The first-order valence-electron chi connectivity index (χ1n) is 9.95. The number of aryl methyl sites for hydroxylation is 2. The van der Waals surface area contributed by atoms with Gasteiger partial charge in [-0.15, -0.1) is 0 Å². The van der Waals surface area contributed by atoms with E-state index in [0.717, 1.165) is 54.0 Å². The van der Waals surface area contributed by atoms with Crippen molar-refractivity contribution in [2.45, 2.75) is 13.8 Å². The Bertz CT molecular complexity index is 1080. The number of fused-ring (bicyclic) bond motifs is 1. The molecular formula is C23H26N4O2. The van der Waals surface area contributed by atoms with Gasteiger partial charge in [-0.25, -0.2) is 0 Å². The molecule has 0 bridgehead atoms. The number of hydrogen-bond donors (Lipinski definition) is 2. The second-order valence-corrected chi connectivity index (χ2v) is 7.75. The Labute approximate surface area is 170 Å². The number of carbonyl (C=O) groups excluding carboxylic acids is 1. The van der Waals surface area contributed by atoms with Crippen LogP contribution >= 0.6 is 0 Å². The van der Waals surface area contributed by atoms with Crippen molar-refractivity contribution in [3.8, 4) is 0 Å². The van der Waals surface area contributed by atoms with E-state index < -0.39 is 0 Å². The Morgan fingerprint density at radius 3 is 2.38 bits per heavy atom. The summed E-state index contributed by atoms with van der Waals surface area (Å²) in [6.07, 6.45) is 0. The smallest absolute Gasteiger partial charge is 0.250 e. The van der Waals surface area contributed by atoms with Crippen molar-refractivity contribution in [2.75, 3.05) is 42.9 Å². The quantitative estimate of drug-likeness (QED) is 0.719. The zero-order valence-electron chi connectivity index (χ0n) is 16.9. The number of piperazine rings is 1. The summed E-state index contributed by atoms with van der Waals surface area (Å²) < 4.78 is 0. The van der Waals surface area contributed by atoms with Crippen LogP contribution in [0.5, 0.6) is 0 Å². The number of hydrogen-bond acceptors (Lipinski definition) is 4. The van der Waals surface area contributed by atoms with Gasteiger partial charge in [0, 0.05) is 43.3 Å². The molecule has 1 aliphatic heterocycles. The fourth-order valence-corrected chi connectivity index (χ4v) is 3.80. The number of carbonyl (C=O) groups is 1. The number of nitrogens with one attached hydrogen (secondary N) is 2. The molecule has 1 saturated heterocycles. The summed E-state index contributed by atoms with van der Waals surface area (Å²) >= 11 is 0. The molecule has 6 heteroatoms. The lowest BCUT2D eigenvalue weighted by molar-refractivity contribution is -0.117. The van der Waals surface area contributed by atoms with Gasteiger partial charge >= 0.3 is 0 Å². The number of rotatable bonds is 4. The maximum atomic E-state index is 12.4. The summed E-state index contributed by atoms with van der Waals surface area (Å²) in [6.45, 7) is 7.57. The SMILES string of the molecule is Cc1ccc(NC(=O)CN2CCN(c3cc(=O)[nH]c4ccc(C)cc34)CC2)cc1. The van der Waals surface area contributed by atoms with Crippen LogP contribution in [0, 0.1) is 13.8 Å². The first-order chi connectivity index (χ1) is 14.0. The van der Waals surface area contributed by atoms with E-state index in [-0.39, 0.29) is 11.5 Å². The molecular weight excluding hydrogens is 364 g/mol. The average molecular weight is 390 g/mol. The number of benzene rings is 2. The van der Waals surface area contributed by atoms with Crippen LogP contribution in [-0.4, -0.2) is 48.5 Å². The zero-order valence-corrected chi connectivity index (χ0v) is 16.9. The van der Waals surface area contributed by atoms with Gasteiger partial charge in [0.2, 0.25) is 11.5 Å². The van der Waals surface area contributed by atoms with Gasteiger partial charge in [0.05, 0.1) is 17.7 Å². The van der Waals surface area contributed by atoms with Gasteiger partial charge in [-0.1, -0.05) is 29.3 Å². The minimum atomic E-state index is -0.0868. The van der Waals surface area contributed by atoms with Crippen LogP contribution < -0.4 is 15.8 Å². The summed E-state index contributed by atoms with van der Waals surface area (Å²) in [4.78, 5) is 31.8. The number of amides is 1. The van der Waals surface area contributed by atoms with Crippen molar-refractivity contribution in [1.29, 1.82) is 0 Å². The van der Waals surface area contributed by atoms with Crippen molar-refractivity contribution in [2.24, 2.45) is 0 Å². The van der Waals surface area contributed by atoms with E-state index in [1.165, 1.54) is 5.56 Å². The lowest BCUT2D eigenvalue weighted by Crippen LogP contribution is -2.48. The van der Waals surface area contributed by atoms with Crippen molar-refractivity contribution in [3.63, 3.8) is 0 Å². The standard InChI is InChI=1S/C23H26N4O2/c1-16-3-6-18(7-4-16)24-23(29)15-26-9-11-27(12-10-26)21-14-22(28)25-20-8-5-17(2)13-19(20)21/h3-8,13-14H,9-12,15H2,1-2H3,(H,24,29)(H,25,28). The monoisotopic (exact) mass is 390 g/mol. The van der Waals surface area contributed by atoms with Crippen molar-refractivity contribution >= 4 is 28.2 Å². The predicted octanol–water partition coefficient (Wildman–Crippen LogP) is 2.91. The molecule has 3 aromatic rings. The molecule has 150 valence electrons. The van der Waals surface area contributed by atoms with Gasteiger partial charge in [0.15, 0.2) is 0 Å². The van der Waals surface area contributed by atoms with Crippen molar-refractivity contribution in [1.82, 2.24) is 9.88 Å². The molecule has 1 aromatic heterocycles. The second-order valence-electron chi connectivity index (χ2n) is 7.75. The third-order valence-corrected chi connectivity index (χ3v) is 5.39. The Kier molecular flexibility index (Phi) is 5.36. The maximum absolute atomic E-state index is 12.4. The van der Waals surface area contributed by atoms with Gasteiger partial charge in [-0.2, -0.15) is 0 Å². The third kappa shape index (κ3) is 4.49. The van der Waals surface area contributed by atoms with Crippen LogP contribution in [0.25, 0.3) is 10.9 Å². The molecule has 1 fully saturated rings. The number of aromatic nitrogens is 1. The summed E-state index contributed by atoms with van der Waals surface area (Å²) in [5.74, 6) is -0.000432. The maximum Gasteiger partial charge on any atom is 0.250 e. The minimum Gasteiger partial charge on any atom is -0.368 e. The highest BCUT2D eigenvalue weighted by Gasteiger charge is 2.21. The lowest BCUT2D eigenvalue weighted by Gasteiger charge is -2.36. The van der Waals surface area contributed by atoms with Gasteiger partial charge in [-0.3, -0.25) is 14.5 Å². The first kappa shape index (κ1) is 19.2. The van der Waals surface area contributed by atoms with E-state index in [9.17, 15) is 9.59 Å². The number of nitrogens with zero attached hydrogens (tertiary/aromatic N) is 2. The van der Waals surface area contributed by atoms with Crippen molar-refractivity contribution in [3.05, 3.63) is 70.0 Å². The van der Waals surface area contributed by atoms with Crippen LogP contribution in [0.3, 0.4) is 0 Å². The largest absolute Gasteiger partial charge is 0.368 e. The first-order valence-corrected chi connectivity index (χ1v) is 9.95. The Morgan fingerprint density at radius 1 is 0.966 bits per heavy atom. The molecule has 0 unspecified atom stereocenters. The fourth-order valence-electron chi connectivity index (χ4n) is 3.80. The summed E-state index contributed by atoms with van der Waals surface area (Å²) in [6, 6.07) is 15.6. The average Bonchev–Trinajstić information content (AvgIpc) is 2.70. The van der Waals surface area contributed by atoms with Gasteiger partial charge < -0.3 is 15.2 Å². The summed E-state index contributed by atoms with van der Waals surface area (Å²) in [5, 5.41) is 4.02. The topological polar surface area (TPSA) is 68.4 Å². The highest BCUT2D eigenvalue weighted by atomic mass is 16.2. The van der Waals surface area contributed by atoms with Crippen LogP contribution in [-0.2, 0) is 4.79 Å². The molecule has 0 aliphatic carbocycles. The third-order valence-electron chi connectivity index (χ3n) is 5.39. The predicted molar refractivity (Wildman–Crippen MR) is 118 cm³/mol. The van der Waals surface area contributed by atoms with E-state index >= 15 is 0 Å². The van der Waals surface area contributed by atoms with Gasteiger partial charge in [0.1, 0.15) is 0 Å². The highest BCUT2D eigenvalue weighted by Crippen LogP contribution is 2.26. The number of anilines is 2. The summed E-state index contributed by atoms with van der Waals surface area (Å²) in [7, 11) is 0. The molecule has 0 spiro atoms. The van der Waals surface area contributed by atoms with Gasteiger partial charge in [-0.05, 0) is 38.1 Å². The molecule has 2 aromatic carbocycles. The van der Waals surface area contributed by atoms with E-state index in [4.69, 9.17) is 0 Å². The van der Waals surface area contributed by atoms with E-state index in [1.807, 2.05) is 43.3 Å². The van der Waals surface area contributed by atoms with Crippen LogP contribution in [0.1, 0.15) is 11.1 Å². The Hall–Kier alpha value is -3.12. The normalized spacial score (nSPS) is 14.9. The minimum absolute atomic E-state index is 0.000432. The van der Waals surface area contributed by atoms with E-state index in [0.29, 0.717) is 6.54 Å². The molecule has 1 amide bonds.